The Morgan fingerprint density at radius 3 is 2.56 bits per heavy atom. The minimum absolute atomic E-state index is 0.141. The normalized spacial score (nSPS) is 13.9. The third-order valence-corrected chi connectivity index (χ3v) is 7.97. The number of carbonyl (C=O) groups excluding carboxylic acids is 1. The van der Waals surface area contributed by atoms with Crippen LogP contribution in [0.1, 0.15) is 38.4 Å². The Hall–Kier alpha value is -3.41. The van der Waals surface area contributed by atoms with Gasteiger partial charge in [0, 0.05) is 32.4 Å². The molecule has 8 heteroatoms. The number of benzene rings is 2. The second-order valence-electron chi connectivity index (χ2n) is 7.85. The number of nitrogens with zero attached hydrogens (tertiary/aromatic N) is 3. The van der Waals surface area contributed by atoms with Crippen molar-refractivity contribution in [2.45, 2.75) is 31.3 Å². The summed E-state index contributed by atoms with van der Waals surface area (Å²) < 4.78 is 29.9. The van der Waals surface area contributed by atoms with Crippen LogP contribution in [0.3, 0.4) is 0 Å². The number of rotatable bonds is 5. The first-order chi connectivity index (χ1) is 15.3. The largest absolute Gasteiger partial charge is 0.347 e. The van der Waals surface area contributed by atoms with Gasteiger partial charge in [0.25, 0.3) is 5.91 Å². The fraction of sp³-hybridized carbons (Fsp3) is 0.250. The second-order valence-corrected chi connectivity index (χ2v) is 9.75. The number of sulfonamides is 1. The van der Waals surface area contributed by atoms with Crippen LogP contribution in [0.25, 0.3) is 0 Å². The van der Waals surface area contributed by atoms with Gasteiger partial charge in [-0.1, -0.05) is 42.5 Å². The summed E-state index contributed by atoms with van der Waals surface area (Å²) in [6.45, 7) is 2.60. The van der Waals surface area contributed by atoms with Crippen molar-refractivity contribution in [2.24, 2.45) is 7.05 Å². The minimum atomic E-state index is -3.76. The summed E-state index contributed by atoms with van der Waals surface area (Å²) in [4.78, 5) is 13.0. The Morgan fingerprint density at radius 1 is 1.12 bits per heavy atom. The van der Waals surface area contributed by atoms with Crippen molar-refractivity contribution < 1.29 is 13.2 Å². The molecule has 0 aliphatic carbocycles. The summed E-state index contributed by atoms with van der Waals surface area (Å²) in [7, 11) is -2.08. The zero-order chi connectivity index (χ0) is 22.9. The molecule has 7 nitrogen and oxygen atoms in total. The molecular weight excluding hydrogens is 424 g/mol. The molecule has 0 spiro atoms. The predicted octanol–water partition coefficient (Wildman–Crippen LogP) is 2.88. The highest BCUT2D eigenvalue weighted by Gasteiger charge is 2.32. The number of nitriles is 1. The summed E-state index contributed by atoms with van der Waals surface area (Å²) >= 11 is 0. The molecule has 1 amide bonds. The van der Waals surface area contributed by atoms with E-state index in [-0.39, 0.29) is 17.1 Å². The van der Waals surface area contributed by atoms with Crippen LogP contribution in [0.2, 0.25) is 0 Å². The van der Waals surface area contributed by atoms with E-state index < -0.39 is 15.9 Å². The fourth-order valence-electron chi connectivity index (χ4n) is 4.01. The van der Waals surface area contributed by atoms with E-state index in [2.05, 4.69) is 11.4 Å². The van der Waals surface area contributed by atoms with Gasteiger partial charge in [-0.05, 0) is 42.2 Å². The van der Waals surface area contributed by atoms with Crippen molar-refractivity contribution in [3.05, 3.63) is 88.2 Å². The van der Waals surface area contributed by atoms with Gasteiger partial charge < -0.3 is 9.88 Å². The summed E-state index contributed by atoms with van der Waals surface area (Å²) in [5, 5.41) is 12.0. The lowest BCUT2D eigenvalue weighted by atomic mass is 10.0. The highest BCUT2D eigenvalue weighted by molar-refractivity contribution is 7.89. The van der Waals surface area contributed by atoms with E-state index in [1.165, 1.54) is 15.9 Å². The molecule has 164 valence electrons. The van der Waals surface area contributed by atoms with E-state index in [0.717, 1.165) is 5.56 Å². The third kappa shape index (κ3) is 3.93. The molecule has 0 radical (unpaired) electrons. The smallest absolute Gasteiger partial charge is 0.268 e. The molecule has 2 aromatic carbocycles. The van der Waals surface area contributed by atoms with Gasteiger partial charge in [-0.25, -0.2) is 8.42 Å². The van der Waals surface area contributed by atoms with Gasteiger partial charge in [-0.2, -0.15) is 9.57 Å². The molecule has 0 saturated carbocycles. The number of hydrogen-bond acceptors (Lipinski definition) is 4. The van der Waals surface area contributed by atoms with Crippen molar-refractivity contribution in [3.63, 3.8) is 0 Å². The maximum absolute atomic E-state index is 13.4. The monoisotopic (exact) mass is 448 g/mol. The SMILES string of the molecule is Cc1c(S(=O)(=O)N2CCc3ccccc3C2)cc(C(=O)NCc2ccccc2C#N)n1C. The Labute approximate surface area is 188 Å². The molecule has 0 bridgehead atoms. The van der Waals surface area contributed by atoms with E-state index in [1.54, 1.807) is 42.8 Å². The molecule has 1 aliphatic heterocycles. The van der Waals surface area contributed by atoms with Crippen molar-refractivity contribution in [3.8, 4) is 6.07 Å². The Kier molecular flexibility index (Phi) is 5.87. The summed E-state index contributed by atoms with van der Waals surface area (Å²) in [6.07, 6.45) is 0.660. The van der Waals surface area contributed by atoms with E-state index >= 15 is 0 Å². The molecule has 0 saturated heterocycles. The first-order valence-electron chi connectivity index (χ1n) is 10.3. The van der Waals surface area contributed by atoms with E-state index in [9.17, 15) is 18.5 Å². The van der Waals surface area contributed by atoms with Crippen LogP contribution in [-0.4, -0.2) is 29.7 Å². The molecular formula is C24H24N4O3S. The van der Waals surface area contributed by atoms with E-state index in [0.29, 0.717) is 36.3 Å². The van der Waals surface area contributed by atoms with Crippen LogP contribution in [0.4, 0.5) is 0 Å². The molecule has 3 aromatic rings. The summed E-state index contributed by atoms with van der Waals surface area (Å²) in [6, 6.07) is 18.4. The molecule has 0 unspecified atom stereocenters. The highest BCUT2D eigenvalue weighted by atomic mass is 32.2. The van der Waals surface area contributed by atoms with Gasteiger partial charge in [0.05, 0.1) is 11.6 Å². The maximum atomic E-state index is 13.4. The first-order valence-corrected chi connectivity index (χ1v) is 11.8. The summed E-state index contributed by atoms with van der Waals surface area (Å²) in [5.41, 5.74) is 4.13. The molecule has 4 rings (SSSR count). The van der Waals surface area contributed by atoms with Crippen LogP contribution in [0.15, 0.2) is 59.5 Å². The zero-order valence-corrected chi connectivity index (χ0v) is 18.8. The van der Waals surface area contributed by atoms with E-state index in [4.69, 9.17) is 0 Å². The fourth-order valence-corrected chi connectivity index (χ4v) is 5.70. The molecule has 1 aliphatic rings. The average molecular weight is 449 g/mol. The average Bonchev–Trinajstić information content (AvgIpc) is 3.12. The molecule has 0 atom stereocenters. The quantitative estimate of drug-likeness (QED) is 0.649. The molecule has 0 fully saturated rings. The lowest BCUT2D eigenvalue weighted by molar-refractivity contribution is 0.0942. The lowest BCUT2D eigenvalue weighted by Gasteiger charge is -2.28. The van der Waals surface area contributed by atoms with Crippen LogP contribution in [0, 0.1) is 18.3 Å². The second kappa shape index (κ2) is 8.61. The standard InChI is InChI=1S/C24H24N4O3S/c1-17-23(32(30,31)28-12-11-18-7-3-6-10-21(18)16-28)13-22(27(17)2)24(29)26-15-20-9-5-4-8-19(20)14-25/h3-10,13H,11-12,15-16H2,1-2H3,(H,26,29). The number of carbonyl (C=O) groups is 1. The van der Waals surface area contributed by atoms with Gasteiger partial charge in [-0.3, -0.25) is 4.79 Å². The molecule has 2 heterocycles. The Morgan fingerprint density at radius 2 is 1.81 bits per heavy atom. The number of nitrogens with one attached hydrogen (secondary N) is 1. The van der Waals surface area contributed by atoms with E-state index in [1.807, 2.05) is 24.3 Å². The van der Waals surface area contributed by atoms with Crippen LogP contribution >= 0.6 is 0 Å². The van der Waals surface area contributed by atoms with Crippen molar-refractivity contribution in [1.82, 2.24) is 14.2 Å². The molecule has 1 N–H and O–H groups in total. The zero-order valence-electron chi connectivity index (χ0n) is 18.0. The van der Waals surface area contributed by atoms with Gasteiger partial charge in [-0.15, -0.1) is 0 Å². The van der Waals surface area contributed by atoms with Crippen molar-refractivity contribution in [2.75, 3.05) is 6.54 Å². The lowest BCUT2D eigenvalue weighted by Crippen LogP contribution is -2.36. The Bertz CT molecular complexity index is 1340. The number of hydrogen-bond donors (Lipinski definition) is 1. The van der Waals surface area contributed by atoms with Gasteiger partial charge in [0.15, 0.2) is 0 Å². The first kappa shape index (κ1) is 21.8. The highest BCUT2D eigenvalue weighted by Crippen LogP contribution is 2.28. The van der Waals surface area contributed by atoms with Crippen LogP contribution < -0.4 is 5.32 Å². The van der Waals surface area contributed by atoms with Gasteiger partial charge in [0.2, 0.25) is 10.0 Å². The maximum Gasteiger partial charge on any atom is 0.268 e. The summed E-state index contributed by atoms with van der Waals surface area (Å²) in [5.74, 6) is -0.395. The topological polar surface area (TPSA) is 95.2 Å². The predicted molar refractivity (Wildman–Crippen MR) is 120 cm³/mol. The van der Waals surface area contributed by atoms with Gasteiger partial charge in [0.1, 0.15) is 10.6 Å². The van der Waals surface area contributed by atoms with Crippen molar-refractivity contribution in [1.29, 1.82) is 5.26 Å². The number of aromatic nitrogens is 1. The third-order valence-electron chi connectivity index (χ3n) is 6.01. The van der Waals surface area contributed by atoms with Crippen LogP contribution in [0.5, 0.6) is 0 Å². The van der Waals surface area contributed by atoms with Gasteiger partial charge >= 0.3 is 0 Å². The van der Waals surface area contributed by atoms with Crippen molar-refractivity contribution >= 4 is 15.9 Å². The van der Waals surface area contributed by atoms with Crippen LogP contribution in [-0.2, 0) is 36.6 Å². The Balaban J connectivity index is 1.57. The minimum Gasteiger partial charge on any atom is -0.347 e. The number of amides is 1. The molecule has 32 heavy (non-hydrogen) atoms. The molecule has 1 aromatic heterocycles. The number of fused-ring (bicyclic) bond motifs is 1.